The van der Waals surface area contributed by atoms with Gasteiger partial charge < -0.3 is 14.8 Å². The van der Waals surface area contributed by atoms with Gasteiger partial charge in [0.15, 0.2) is 0 Å². The van der Waals surface area contributed by atoms with Crippen LogP contribution in [-0.2, 0) is 14.3 Å². The molecular weight excluding hydrogens is 270 g/mol. The van der Waals surface area contributed by atoms with Gasteiger partial charge in [0.25, 0.3) is 0 Å². The van der Waals surface area contributed by atoms with Crippen LogP contribution in [0.15, 0.2) is 30.3 Å². The molecular formula is C16H23NO4. The highest BCUT2D eigenvalue weighted by Gasteiger charge is 2.26. The second-order valence-corrected chi connectivity index (χ2v) is 5.88. The summed E-state index contributed by atoms with van der Waals surface area (Å²) in [6, 6.07) is 8.87. The first-order valence-corrected chi connectivity index (χ1v) is 6.91. The zero-order valence-electron chi connectivity index (χ0n) is 13.2. The predicted molar refractivity (Wildman–Crippen MR) is 79.8 cm³/mol. The summed E-state index contributed by atoms with van der Waals surface area (Å²) in [6.45, 7) is 8.48. The van der Waals surface area contributed by atoms with E-state index in [1.165, 1.54) is 6.92 Å². The fourth-order valence-electron chi connectivity index (χ4n) is 1.85. The highest BCUT2D eigenvalue weighted by atomic mass is 16.6. The van der Waals surface area contributed by atoms with Gasteiger partial charge in [-0.1, -0.05) is 30.3 Å². The molecule has 1 amide bonds. The van der Waals surface area contributed by atoms with Crippen LogP contribution in [0.2, 0.25) is 0 Å². The van der Waals surface area contributed by atoms with Gasteiger partial charge >= 0.3 is 12.1 Å². The minimum absolute atomic E-state index is 0.401. The Hall–Kier alpha value is -2.04. The van der Waals surface area contributed by atoms with E-state index in [0.717, 1.165) is 5.56 Å². The molecule has 5 nitrogen and oxygen atoms in total. The van der Waals surface area contributed by atoms with E-state index in [2.05, 4.69) is 5.32 Å². The molecule has 0 aliphatic carbocycles. The summed E-state index contributed by atoms with van der Waals surface area (Å²) in [5, 5.41) is 2.70. The van der Waals surface area contributed by atoms with E-state index in [9.17, 15) is 9.59 Å². The lowest BCUT2D eigenvalue weighted by atomic mass is 10.0. The number of rotatable bonds is 4. The molecule has 0 fully saturated rings. The Morgan fingerprint density at radius 1 is 1.14 bits per heavy atom. The average molecular weight is 293 g/mol. The number of carbonyl (C=O) groups excluding carboxylic acids is 2. The molecule has 0 saturated heterocycles. The van der Waals surface area contributed by atoms with E-state index >= 15 is 0 Å². The van der Waals surface area contributed by atoms with Crippen LogP contribution < -0.4 is 5.32 Å². The molecule has 0 bridgehead atoms. The van der Waals surface area contributed by atoms with E-state index in [4.69, 9.17) is 9.47 Å². The van der Waals surface area contributed by atoms with Crippen molar-refractivity contribution < 1.29 is 19.1 Å². The number of carbonyl (C=O) groups is 2. The number of benzene rings is 1. The highest BCUT2D eigenvalue weighted by molar-refractivity contribution is 5.69. The van der Waals surface area contributed by atoms with Gasteiger partial charge in [0.05, 0.1) is 6.04 Å². The van der Waals surface area contributed by atoms with Crippen molar-refractivity contribution in [2.75, 3.05) is 0 Å². The molecule has 116 valence electrons. The van der Waals surface area contributed by atoms with Crippen molar-refractivity contribution in [3.8, 4) is 0 Å². The molecule has 5 heteroatoms. The third-order valence-corrected chi connectivity index (χ3v) is 2.62. The molecule has 1 aromatic rings. The summed E-state index contributed by atoms with van der Waals surface area (Å²) >= 11 is 0. The number of ether oxygens (including phenoxy) is 2. The van der Waals surface area contributed by atoms with E-state index < -0.39 is 29.8 Å². The molecule has 0 spiro atoms. The van der Waals surface area contributed by atoms with Gasteiger partial charge in [0.1, 0.15) is 11.7 Å². The fourth-order valence-corrected chi connectivity index (χ4v) is 1.85. The van der Waals surface area contributed by atoms with Gasteiger partial charge in [0, 0.05) is 6.92 Å². The second-order valence-electron chi connectivity index (χ2n) is 5.88. The van der Waals surface area contributed by atoms with Gasteiger partial charge in [-0.2, -0.15) is 0 Å². The molecule has 1 N–H and O–H groups in total. The van der Waals surface area contributed by atoms with Crippen LogP contribution in [0.4, 0.5) is 4.79 Å². The third-order valence-electron chi connectivity index (χ3n) is 2.62. The Balaban J connectivity index is 2.79. The Labute approximate surface area is 125 Å². The molecule has 0 saturated carbocycles. The van der Waals surface area contributed by atoms with Crippen molar-refractivity contribution in [2.24, 2.45) is 0 Å². The van der Waals surface area contributed by atoms with Crippen LogP contribution in [0.3, 0.4) is 0 Å². The van der Waals surface area contributed by atoms with Gasteiger partial charge in [-0.15, -0.1) is 0 Å². The third kappa shape index (κ3) is 6.29. The lowest BCUT2D eigenvalue weighted by Crippen LogP contribution is -2.41. The summed E-state index contributed by atoms with van der Waals surface area (Å²) in [5.41, 5.74) is 0.240. The molecule has 0 aliphatic rings. The van der Waals surface area contributed by atoms with Crippen LogP contribution in [0.5, 0.6) is 0 Å². The van der Waals surface area contributed by atoms with Crippen molar-refractivity contribution in [2.45, 2.75) is 52.4 Å². The number of hydrogen-bond donors (Lipinski definition) is 1. The maximum absolute atomic E-state index is 11.8. The van der Waals surface area contributed by atoms with Crippen molar-refractivity contribution >= 4 is 12.1 Å². The maximum Gasteiger partial charge on any atom is 0.408 e. The van der Waals surface area contributed by atoms with Crippen molar-refractivity contribution in [1.29, 1.82) is 0 Å². The van der Waals surface area contributed by atoms with Crippen LogP contribution in [0.25, 0.3) is 0 Å². The number of hydrogen-bond acceptors (Lipinski definition) is 4. The SMILES string of the molecule is CC(=O)OC(c1ccccc1)C(C)NC(=O)OC(C)(C)C. The molecule has 21 heavy (non-hydrogen) atoms. The number of nitrogens with one attached hydrogen (secondary N) is 1. The summed E-state index contributed by atoms with van der Waals surface area (Å²) in [5.74, 6) is -0.401. The molecule has 2 atom stereocenters. The maximum atomic E-state index is 11.8. The minimum atomic E-state index is -0.576. The van der Waals surface area contributed by atoms with Crippen LogP contribution in [-0.4, -0.2) is 23.7 Å². The normalized spacial score (nSPS) is 14.0. The Morgan fingerprint density at radius 3 is 2.19 bits per heavy atom. The van der Waals surface area contributed by atoms with Crippen molar-refractivity contribution in [3.05, 3.63) is 35.9 Å². The topological polar surface area (TPSA) is 64.6 Å². The first-order chi connectivity index (χ1) is 9.69. The smallest absolute Gasteiger partial charge is 0.408 e. The molecule has 2 unspecified atom stereocenters. The van der Waals surface area contributed by atoms with Gasteiger partial charge in [0.2, 0.25) is 0 Å². The summed E-state index contributed by atoms with van der Waals surface area (Å²) in [6.07, 6.45) is -1.10. The Kier molecular flexibility index (Phi) is 5.76. The largest absolute Gasteiger partial charge is 0.455 e. The van der Waals surface area contributed by atoms with Crippen LogP contribution in [0.1, 0.15) is 46.3 Å². The Morgan fingerprint density at radius 2 is 1.71 bits per heavy atom. The quantitative estimate of drug-likeness (QED) is 0.866. The number of amides is 1. The first kappa shape index (κ1) is 17.0. The Bertz CT molecular complexity index is 479. The van der Waals surface area contributed by atoms with Crippen molar-refractivity contribution in [3.63, 3.8) is 0 Å². The van der Waals surface area contributed by atoms with E-state index in [1.807, 2.05) is 30.3 Å². The molecule has 1 rings (SSSR count). The molecule has 0 heterocycles. The fraction of sp³-hybridized carbons (Fsp3) is 0.500. The average Bonchev–Trinajstić information content (AvgIpc) is 2.34. The summed E-state index contributed by atoms with van der Waals surface area (Å²) in [7, 11) is 0. The number of esters is 1. The minimum Gasteiger partial charge on any atom is -0.455 e. The van der Waals surface area contributed by atoms with E-state index in [0.29, 0.717) is 0 Å². The van der Waals surface area contributed by atoms with E-state index in [-0.39, 0.29) is 0 Å². The monoisotopic (exact) mass is 293 g/mol. The standard InChI is InChI=1S/C16H23NO4/c1-11(17-15(19)21-16(3,4)5)14(20-12(2)18)13-9-7-6-8-10-13/h6-11,14H,1-5H3,(H,17,19). The summed E-state index contributed by atoms with van der Waals surface area (Å²) < 4.78 is 10.5. The molecule has 1 aromatic carbocycles. The zero-order valence-corrected chi connectivity index (χ0v) is 13.2. The summed E-state index contributed by atoms with van der Waals surface area (Å²) in [4.78, 5) is 23.1. The predicted octanol–water partition coefficient (Wildman–Crippen LogP) is 3.20. The molecule has 0 radical (unpaired) electrons. The lowest BCUT2D eigenvalue weighted by Gasteiger charge is -2.27. The number of alkyl carbamates (subject to hydrolysis) is 1. The van der Waals surface area contributed by atoms with E-state index in [1.54, 1.807) is 27.7 Å². The van der Waals surface area contributed by atoms with Crippen molar-refractivity contribution in [1.82, 2.24) is 5.32 Å². The van der Waals surface area contributed by atoms with Crippen LogP contribution in [0, 0.1) is 0 Å². The van der Waals surface area contributed by atoms with Crippen LogP contribution >= 0.6 is 0 Å². The molecule has 0 aliphatic heterocycles. The zero-order chi connectivity index (χ0) is 16.0. The van der Waals surface area contributed by atoms with Gasteiger partial charge in [-0.05, 0) is 33.3 Å². The van der Waals surface area contributed by atoms with Gasteiger partial charge in [-0.3, -0.25) is 4.79 Å². The van der Waals surface area contributed by atoms with Gasteiger partial charge in [-0.25, -0.2) is 4.79 Å². The molecule has 0 aromatic heterocycles. The highest BCUT2D eigenvalue weighted by Crippen LogP contribution is 2.22. The first-order valence-electron chi connectivity index (χ1n) is 6.91. The lowest BCUT2D eigenvalue weighted by molar-refractivity contribution is -0.148. The second kappa shape index (κ2) is 7.11.